The maximum absolute atomic E-state index is 12.8. The van der Waals surface area contributed by atoms with Crippen LogP contribution in [-0.4, -0.2) is 45.0 Å². The van der Waals surface area contributed by atoms with Crippen LogP contribution >= 0.6 is 0 Å². The molecule has 4 aromatic rings. The van der Waals surface area contributed by atoms with Crippen LogP contribution < -0.4 is 16.0 Å². The van der Waals surface area contributed by atoms with Crippen LogP contribution in [-0.2, 0) is 0 Å². The van der Waals surface area contributed by atoms with Gasteiger partial charge in [0.1, 0.15) is 0 Å². The molecule has 9 nitrogen and oxygen atoms in total. The lowest BCUT2D eigenvalue weighted by Crippen LogP contribution is -2.43. The van der Waals surface area contributed by atoms with Gasteiger partial charge in [-0.05, 0) is 31.0 Å². The van der Waals surface area contributed by atoms with E-state index in [1.807, 2.05) is 48.5 Å². The second kappa shape index (κ2) is 7.60. The summed E-state index contributed by atoms with van der Waals surface area (Å²) in [5.41, 5.74) is 8.55. The number of piperidine rings is 1. The van der Waals surface area contributed by atoms with E-state index in [1.165, 1.54) is 4.68 Å². The van der Waals surface area contributed by atoms with Gasteiger partial charge in [0.05, 0.1) is 23.1 Å². The number of fused-ring (bicyclic) bond motifs is 1. The van der Waals surface area contributed by atoms with Gasteiger partial charge in [0.25, 0.3) is 0 Å². The van der Waals surface area contributed by atoms with Gasteiger partial charge in [-0.3, -0.25) is 4.79 Å². The van der Waals surface area contributed by atoms with Gasteiger partial charge in [-0.1, -0.05) is 35.4 Å². The van der Waals surface area contributed by atoms with Crippen LogP contribution in [0.5, 0.6) is 0 Å². The predicted octanol–water partition coefficient (Wildman–Crippen LogP) is 2.59. The maximum atomic E-state index is 12.8. The predicted molar refractivity (Wildman–Crippen MR) is 113 cm³/mol. The number of benzene rings is 2. The average Bonchev–Trinajstić information content (AvgIpc) is 3.41. The van der Waals surface area contributed by atoms with Gasteiger partial charge in [-0.25, -0.2) is 0 Å². The van der Waals surface area contributed by atoms with Crippen molar-refractivity contribution >= 4 is 28.2 Å². The van der Waals surface area contributed by atoms with Crippen molar-refractivity contribution < 1.29 is 9.21 Å². The molecule has 3 N–H and O–H groups in total. The Hall–Kier alpha value is -3.72. The SMILES string of the molecule is N[C@H]1CCCN(c2ccccc2NC(=O)c2nnc(-n3ncc4ccccc43)o2)C1. The molecule has 1 fully saturated rings. The zero-order valence-corrected chi connectivity index (χ0v) is 16.2. The zero-order valence-electron chi connectivity index (χ0n) is 16.2. The molecule has 5 rings (SSSR count). The van der Waals surface area contributed by atoms with Gasteiger partial charge in [0, 0.05) is 24.5 Å². The number of hydrogen-bond donors (Lipinski definition) is 2. The number of carbonyl (C=O) groups excluding carboxylic acids is 1. The maximum Gasteiger partial charge on any atom is 0.344 e. The number of amides is 1. The lowest BCUT2D eigenvalue weighted by atomic mass is 10.1. The number of aromatic nitrogens is 4. The Balaban J connectivity index is 1.38. The molecule has 0 spiro atoms. The standard InChI is InChI=1S/C21H21N7O2/c22-15-7-5-11-27(13-15)18-10-4-2-8-16(18)24-19(29)20-25-26-21(30-20)28-17-9-3-1-6-14(17)12-23-28/h1-4,6,8-10,12,15H,5,7,11,13,22H2,(H,24,29)/t15-/m0/s1. The molecule has 2 aromatic carbocycles. The van der Waals surface area contributed by atoms with E-state index in [-0.39, 0.29) is 17.9 Å². The third kappa shape index (κ3) is 3.39. The lowest BCUT2D eigenvalue weighted by molar-refractivity contribution is 0.0989. The number of rotatable bonds is 4. The van der Waals surface area contributed by atoms with Gasteiger partial charge in [0.15, 0.2) is 0 Å². The minimum Gasteiger partial charge on any atom is -0.397 e. The quantitative estimate of drug-likeness (QED) is 0.538. The van der Waals surface area contributed by atoms with Crippen molar-refractivity contribution in [3.8, 4) is 6.01 Å². The summed E-state index contributed by atoms with van der Waals surface area (Å²) in [5, 5.41) is 16.0. The Morgan fingerprint density at radius 3 is 2.87 bits per heavy atom. The highest BCUT2D eigenvalue weighted by Gasteiger charge is 2.22. The molecule has 9 heteroatoms. The Bertz CT molecular complexity index is 1200. The molecule has 2 aromatic heterocycles. The molecule has 1 amide bonds. The Morgan fingerprint density at radius 2 is 1.97 bits per heavy atom. The second-order valence-electron chi connectivity index (χ2n) is 7.32. The zero-order chi connectivity index (χ0) is 20.5. The van der Waals surface area contributed by atoms with Crippen molar-refractivity contribution in [3.05, 3.63) is 60.6 Å². The van der Waals surface area contributed by atoms with E-state index in [1.54, 1.807) is 6.20 Å². The number of para-hydroxylation sites is 3. The molecular weight excluding hydrogens is 382 g/mol. The highest BCUT2D eigenvalue weighted by Crippen LogP contribution is 2.28. The fourth-order valence-corrected chi connectivity index (χ4v) is 3.78. The highest BCUT2D eigenvalue weighted by molar-refractivity contribution is 6.03. The molecule has 1 aliphatic heterocycles. The minimum atomic E-state index is -0.473. The normalized spacial score (nSPS) is 16.7. The molecule has 30 heavy (non-hydrogen) atoms. The molecule has 0 saturated carbocycles. The Morgan fingerprint density at radius 1 is 1.13 bits per heavy atom. The summed E-state index contributed by atoms with van der Waals surface area (Å²) in [7, 11) is 0. The molecule has 3 heterocycles. The van der Waals surface area contributed by atoms with Crippen molar-refractivity contribution in [2.45, 2.75) is 18.9 Å². The van der Waals surface area contributed by atoms with Crippen LogP contribution in [0.1, 0.15) is 23.5 Å². The van der Waals surface area contributed by atoms with E-state index in [0.29, 0.717) is 5.69 Å². The summed E-state index contributed by atoms with van der Waals surface area (Å²) < 4.78 is 7.12. The molecule has 1 saturated heterocycles. The first kappa shape index (κ1) is 18.3. The second-order valence-corrected chi connectivity index (χ2v) is 7.32. The minimum absolute atomic E-state index is 0.130. The van der Waals surface area contributed by atoms with E-state index in [4.69, 9.17) is 10.2 Å². The van der Waals surface area contributed by atoms with Gasteiger partial charge in [-0.2, -0.15) is 9.78 Å². The largest absolute Gasteiger partial charge is 0.397 e. The van der Waals surface area contributed by atoms with E-state index in [2.05, 4.69) is 25.5 Å². The first-order valence-electron chi connectivity index (χ1n) is 9.86. The number of nitrogens with zero attached hydrogens (tertiary/aromatic N) is 5. The fourth-order valence-electron chi connectivity index (χ4n) is 3.78. The smallest absolute Gasteiger partial charge is 0.344 e. The van der Waals surface area contributed by atoms with Gasteiger partial charge in [-0.15, -0.1) is 5.10 Å². The van der Waals surface area contributed by atoms with Crippen molar-refractivity contribution in [2.24, 2.45) is 5.73 Å². The summed E-state index contributed by atoms with van der Waals surface area (Å²) >= 11 is 0. The van der Waals surface area contributed by atoms with Crippen LogP contribution in [0, 0.1) is 0 Å². The monoisotopic (exact) mass is 403 g/mol. The van der Waals surface area contributed by atoms with E-state index < -0.39 is 5.91 Å². The number of carbonyl (C=O) groups is 1. The highest BCUT2D eigenvalue weighted by atomic mass is 16.4. The molecular formula is C21H21N7O2. The van der Waals surface area contributed by atoms with Crippen LogP contribution in [0.4, 0.5) is 11.4 Å². The Kier molecular flexibility index (Phi) is 4.64. The average molecular weight is 403 g/mol. The van der Waals surface area contributed by atoms with Gasteiger partial charge < -0.3 is 20.4 Å². The number of anilines is 2. The van der Waals surface area contributed by atoms with Crippen molar-refractivity contribution in [1.82, 2.24) is 20.0 Å². The molecule has 0 aliphatic carbocycles. The third-order valence-electron chi connectivity index (χ3n) is 5.22. The van der Waals surface area contributed by atoms with Crippen LogP contribution in [0.25, 0.3) is 16.9 Å². The van der Waals surface area contributed by atoms with Gasteiger partial charge >= 0.3 is 17.8 Å². The van der Waals surface area contributed by atoms with Gasteiger partial charge in [0.2, 0.25) is 0 Å². The summed E-state index contributed by atoms with van der Waals surface area (Å²) in [6.07, 6.45) is 3.74. The van der Waals surface area contributed by atoms with E-state index in [0.717, 1.165) is 42.5 Å². The summed E-state index contributed by atoms with van der Waals surface area (Å²) in [6, 6.07) is 15.6. The fraction of sp³-hybridized carbons (Fsp3) is 0.238. The van der Waals surface area contributed by atoms with Crippen LogP contribution in [0.2, 0.25) is 0 Å². The summed E-state index contributed by atoms with van der Waals surface area (Å²) in [6.45, 7) is 1.65. The van der Waals surface area contributed by atoms with Crippen LogP contribution in [0.3, 0.4) is 0 Å². The topological polar surface area (TPSA) is 115 Å². The molecule has 1 atom stereocenters. The van der Waals surface area contributed by atoms with Crippen molar-refractivity contribution in [3.63, 3.8) is 0 Å². The summed E-state index contributed by atoms with van der Waals surface area (Å²) in [4.78, 5) is 15.0. The molecule has 0 bridgehead atoms. The lowest BCUT2D eigenvalue weighted by Gasteiger charge is -2.33. The number of hydrogen-bond acceptors (Lipinski definition) is 7. The van der Waals surface area contributed by atoms with Crippen molar-refractivity contribution in [2.75, 3.05) is 23.3 Å². The first-order chi connectivity index (χ1) is 14.7. The Labute approximate surface area is 172 Å². The molecule has 0 radical (unpaired) electrons. The number of nitrogens with one attached hydrogen (secondary N) is 1. The molecule has 1 aliphatic rings. The van der Waals surface area contributed by atoms with Crippen LogP contribution in [0.15, 0.2) is 59.1 Å². The molecule has 0 unspecified atom stereocenters. The molecule has 152 valence electrons. The van der Waals surface area contributed by atoms with E-state index in [9.17, 15) is 4.79 Å². The van der Waals surface area contributed by atoms with E-state index >= 15 is 0 Å². The third-order valence-corrected chi connectivity index (χ3v) is 5.22. The van der Waals surface area contributed by atoms with Crippen molar-refractivity contribution in [1.29, 1.82) is 0 Å². The number of nitrogens with two attached hydrogens (primary N) is 1. The first-order valence-corrected chi connectivity index (χ1v) is 9.86. The summed E-state index contributed by atoms with van der Waals surface area (Å²) in [5.74, 6) is -0.603.